The van der Waals surface area contributed by atoms with Crippen LogP contribution in [-0.4, -0.2) is 39.7 Å². The van der Waals surface area contributed by atoms with Crippen molar-refractivity contribution in [1.82, 2.24) is 4.98 Å². The topological polar surface area (TPSA) is 96.4 Å². The van der Waals surface area contributed by atoms with Crippen molar-refractivity contribution in [3.63, 3.8) is 0 Å². The summed E-state index contributed by atoms with van der Waals surface area (Å²) in [6.45, 7) is -1.08. The number of primary amides is 1. The molecule has 1 amide bonds. The van der Waals surface area contributed by atoms with Gasteiger partial charge in [-0.2, -0.15) is 0 Å². The first-order chi connectivity index (χ1) is 7.97. The van der Waals surface area contributed by atoms with Crippen molar-refractivity contribution >= 4 is 33.4 Å². The van der Waals surface area contributed by atoms with Gasteiger partial charge in [0.1, 0.15) is 9.98 Å². The van der Waals surface area contributed by atoms with Crippen LogP contribution in [0.25, 0.3) is 0 Å². The van der Waals surface area contributed by atoms with Gasteiger partial charge in [0.15, 0.2) is 0 Å². The van der Waals surface area contributed by atoms with Crippen molar-refractivity contribution in [1.29, 1.82) is 0 Å². The first-order valence-electron chi connectivity index (χ1n) is 4.76. The first-order valence-corrected chi connectivity index (χ1v) is 5.99. The molecule has 0 bridgehead atoms. The third kappa shape index (κ3) is 2.77. The fourth-order valence-corrected chi connectivity index (χ4v) is 2.05. The van der Waals surface area contributed by atoms with E-state index in [1.54, 1.807) is 18.2 Å². The number of aromatic nitrogens is 1. The average molecular weight is 324 g/mol. The van der Waals surface area contributed by atoms with Gasteiger partial charge in [0.25, 0.3) is 0 Å². The number of pyridine rings is 1. The lowest BCUT2D eigenvalue weighted by atomic mass is 9.81. The van der Waals surface area contributed by atoms with Crippen molar-refractivity contribution in [2.24, 2.45) is 5.73 Å². The predicted octanol–water partition coefficient (Wildman–Crippen LogP) is 0.159. The van der Waals surface area contributed by atoms with E-state index in [-0.39, 0.29) is 0 Å². The molecule has 1 heterocycles. The number of hydrogen-bond acceptors (Lipinski definition) is 4. The van der Waals surface area contributed by atoms with E-state index in [9.17, 15) is 15.0 Å². The van der Waals surface area contributed by atoms with E-state index in [1.807, 2.05) is 0 Å². The minimum atomic E-state index is -1.39. The Morgan fingerprint density at radius 1 is 1.53 bits per heavy atom. The van der Waals surface area contributed by atoms with E-state index in [4.69, 9.17) is 17.3 Å². The van der Waals surface area contributed by atoms with E-state index >= 15 is 0 Å². The highest BCUT2D eigenvalue weighted by Crippen LogP contribution is 2.30. The number of aliphatic hydroxyl groups is 2. The van der Waals surface area contributed by atoms with Crippen LogP contribution < -0.4 is 5.73 Å². The molecule has 1 unspecified atom stereocenters. The van der Waals surface area contributed by atoms with Crippen LogP contribution >= 0.6 is 27.5 Å². The maximum atomic E-state index is 11.2. The lowest BCUT2D eigenvalue weighted by Crippen LogP contribution is -2.50. The average Bonchev–Trinajstić information content (AvgIpc) is 2.31. The van der Waals surface area contributed by atoms with Crippen LogP contribution in [-0.2, 0) is 10.2 Å². The van der Waals surface area contributed by atoms with Crippen molar-refractivity contribution < 1.29 is 15.0 Å². The molecule has 94 valence electrons. The quantitative estimate of drug-likeness (QED) is 0.531. The number of nitrogens with two attached hydrogens (primary N) is 1. The van der Waals surface area contributed by atoms with E-state index in [0.29, 0.717) is 10.3 Å². The van der Waals surface area contributed by atoms with Gasteiger partial charge in [0, 0.05) is 0 Å². The molecule has 1 atom stereocenters. The fourth-order valence-electron chi connectivity index (χ4n) is 1.46. The third-order valence-electron chi connectivity index (χ3n) is 2.52. The van der Waals surface area contributed by atoms with Gasteiger partial charge in [-0.3, -0.25) is 4.79 Å². The number of nitrogens with zero attached hydrogens (tertiary/aromatic N) is 1. The van der Waals surface area contributed by atoms with Crippen molar-refractivity contribution in [3.05, 3.63) is 28.5 Å². The zero-order chi connectivity index (χ0) is 13.1. The zero-order valence-corrected chi connectivity index (χ0v) is 11.1. The maximum absolute atomic E-state index is 11.2. The van der Waals surface area contributed by atoms with E-state index < -0.39 is 29.9 Å². The molecule has 0 spiro atoms. The predicted molar refractivity (Wildman–Crippen MR) is 66.6 cm³/mol. The van der Waals surface area contributed by atoms with Crippen LogP contribution in [0.5, 0.6) is 0 Å². The molecule has 0 aliphatic rings. The van der Waals surface area contributed by atoms with Crippen LogP contribution in [0.3, 0.4) is 0 Å². The third-order valence-corrected chi connectivity index (χ3v) is 3.60. The van der Waals surface area contributed by atoms with Crippen LogP contribution in [0.2, 0.25) is 0 Å². The Morgan fingerprint density at radius 3 is 2.53 bits per heavy atom. The lowest BCUT2D eigenvalue weighted by molar-refractivity contribution is -0.119. The summed E-state index contributed by atoms with van der Waals surface area (Å²) in [5, 5.41) is 17.6. The van der Waals surface area contributed by atoms with Crippen LogP contribution in [0, 0.1) is 0 Å². The molecule has 1 aromatic heterocycles. The number of carbonyl (C=O) groups excluding carboxylic acids is 1. The van der Waals surface area contributed by atoms with Gasteiger partial charge in [-0.05, 0) is 28.1 Å². The molecule has 7 heteroatoms. The Bertz CT molecular complexity index is 412. The molecule has 0 saturated heterocycles. The van der Waals surface area contributed by atoms with Gasteiger partial charge in [-0.1, -0.05) is 6.07 Å². The Labute approximate surface area is 112 Å². The van der Waals surface area contributed by atoms with Gasteiger partial charge in [-0.15, -0.1) is 11.6 Å². The Morgan fingerprint density at radius 2 is 2.12 bits per heavy atom. The normalized spacial score (nSPS) is 13.4. The van der Waals surface area contributed by atoms with Crippen molar-refractivity contribution in [2.45, 2.75) is 10.8 Å². The lowest BCUT2D eigenvalue weighted by Gasteiger charge is -2.32. The van der Waals surface area contributed by atoms with Crippen LogP contribution in [0.15, 0.2) is 22.8 Å². The smallest absolute Gasteiger partial charge is 0.236 e. The zero-order valence-electron chi connectivity index (χ0n) is 8.81. The number of hydrogen-bond donors (Lipinski definition) is 3. The van der Waals surface area contributed by atoms with Crippen molar-refractivity contribution in [3.8, 4) is 0 Å². The molecular formula is C10H12BrClN2O3. The van der Waals surface area contributed by atoms with Crippen LogP contribution in [0.1, 0.15) is 5.69 Å². The summed E-state index contributed by atoms with van der Waals surface area (Å²) in [4.78, 5) is 15.2. The Kier molecular flexibility index (Phi) is 4.88. The van der Waals surface area contributed by atoms with Gasteiger partial charge in [0.05, 0.1) is 24.3 Å². The SMILES string of the molecule is NC(=O)C(Cl)C(CO)(CO)c1cccc(Br)n1. The highest BCUT2D eigenvalue weighted by molar-refractivity contribution is 9.10. The number of rotatable bonds is 5. The number of halogens is 2. The number of carbonyl (C=O) groups is 1. The molecule has 17 heavy (non-hydrogen) atoms. The van der Waals surface area contributed by atoms with E-state index in [2.05, 4.69) is 20.9 Å². The molecule has 0 radical (unpaired) electrons. The van der Waals surface area contributed by atoms with Crippen molar-refractivity contribution in [2.75, 3.05) is 13.2 Å². The highest BCUT2D eigenvalue weighted by atomic mass is 79.9. The first kappa shape index (κ1) is 14.4. The molecule has 0 aliphatic carbocycles. The molecule has 1 rings (SSSR count). The highest BCUT2D eigenvalue weighted by Gasteiger charge is 2.43. The number of alkyl halides is 1. The molecule has 0 saturated carbocycles. The molecule has 5 nitrogen and oxygen atoms in total. The monoisotopic (exact) mass is 322 g/mol. The Balaban J connectivity index is 3.29. The molecule has 1 aromatic rings. The van der Waals surface area contributed by atoms with E-state index in [1.165, 1.54) is 0 Å². The van der Waals surface area contributed by atoms with Gasteiger partial charge in [0.2, 0.25) is 5.91 Å². The number of amides is 1. The maximum Gasteiger partial charge on any atom is 0.236 e. The summed E-state index contributed by atoms with van der Waals surface area (Å²) in [7, 11) is 0. The van der Waals surface area contributed by atoms with Gasteiger partial charge < -0.3 is 15.9 Å². The fraction of sp³-hybridized carbons (Fsp3) is 0.400. The van der Waals surface area contributed by atoms with Gasteiger partial charge in [-0.25, -0.2) is 4.98 Å². The van der Waals surface area contributed by atoms with Gasteiger partial charge >= 0.3 is 0 Å². The second kappa shape index (κ2) is 5.77. The second-order valence-corrected chi connectivity index (χ2v) is 4.83. The second-order valence-electron chi connectivity index (χ2n) is 3.58. The molecule has 0 fully saturated rings. The summed E-state index contributed by atoms with van der Waals surface area (Å²) < 4.78 is 0.509. The minimum Gasteiger partial charge on any atom is -0.395 e. The molecular weight excluding hydrogens is 311 g/mol. The summed E-state index contributed by atoms with van der Waals surface area (Å²) >= 11 is 9.04. The Hall–Kier alpha value is -0.690. The summed E-state index contributed by atoms with van der Waals surface area (Å²) in [5.41, 5.74) is 4.03. The summed E-state index contributed by atoms with van der Waals surface area (Å²) in [5.74, 6) is -0.823. The van der Waals surface area contributed by atoms with E-state index in [0.717, 1.165) is 0 Å². The standard InChI is InChI=1S/C10H12BrClN2O3/c11-7-3-1-2-6(14-7)10(4-15,5-16)8(12)9(13)17/h1-3,8,15-16H,4-5H2,(H2,13,17). The molecule has 0 aliphatic heterocycles. The summed E-state index contributed by atoms with van der Waals surface area (Å²) in [6, 6.07) is 4.91. The van der Waals surface area contributed by atoms with Crippen LogP contribution in [0.4, 0.5) is 0 Å². The minimum absolute atomic E-state index is 0.302. The largest absolute Gasteiger partial charge is 0.395 e. The molecule has 4 N–H and O–H groups in total. The number of aliphatic hydroxyl groups excluding tert-OH is 2. The molecule has 0 aromatic carbocycles. The summed E-state index contributed by atoms with van der Waals surface area (Å²) in [6.07, 6.45) is 0.